The number of nitro groups is 1. The summed E-state index contributed by atoms with van der Waals surface area (Å²) >= 11 is 0. The lowest BCUT2D eigenvalue weighted by Crippen LogP contribution is -2.40. The van der Waals surface area contributed by atoms with Crippen molar-refractivity contribution >= 4 is 17.4 Å². The number of hydrogen-bond acceptors (Lipinski definition) is 8. The lowest BCUT2D eigenvalue weighted by Gasteiger charge is -2.26. The van der Waals surface area contributed by atoms with Gasteiger partial charge in [-0.15, -0.1) is 0 Å². The van der Waals surface area contributed by atoms with Gasteiger partial charge >= 0.3 is 5.82 Å². The van der Waals surface area contributed by atoms with Crippen molar-refractivity contribution in [3.05, 3.63) is 16.4 Å². The molecule has 0 aromatic carbocycles. The summed E-state index contributed by atoms with van der Waals surface area (Å²) in [7, 11) is 0. The van der Waals surface area contributed by atoms with E-state index in [-0.39, 0.29) is 24.7 Å². The fraction of sp³-hybridized carbons (Fsp3) is 0.714. The molecule has 2 fully saturated rings. The van der Waals surface area contributed by atoms with Gasteiger partial charge in [0.1, 0.15) is 0 Å². The van der Waals surface area contributed by atoms with Gasteiger partial charge in [0.05, 0.1) is 33.0 Å². The fourth-order valence-corrected chi connectivity index (χ4v) is 2.91. The Labute approximate surface area is 139 Å². The molecule has 10 heteroatoms. The number of imidazole rings is 1. The van der Waals surface area contributed by atoms with Crippen molar-refractivity contribution in [1.82, 2.24) is 14.5 Å². The number of Topliss-reactive ketones (excluding diaryl/α,β-unsaturated/α-hetero) is 1. The van der Waals surface area contributed by atoms with Gasteiger partial charge in [-0.25, -0.2) is 4.57 Å². The molecule has 3 heterocycles. The second-order valence-electron chi connectivity index (χ2n) is 5.80. The smallest absolute Gasteiger partial charge is 0.367 e. The van der Waals surface area contributed by atoms with E-state index in [4.69, 9.17) is 9.47 Å². The van der Waals surface area contributed by atoms with E-state index in [0.717, 1.165) is 0 Å². The Morgan fingerprint density at radius 3 is 2.38 bits per heavy atom. The minimum absolute atomic E-state index is 0.0506. The molecule has 3 rings (SSSR count). The number of ether oxygens (including phenoxy) is 2. The predicted octanol–water partition coefficient (Wildman–Crippen LogP) is -0.471. The third-order valence-electron chi connectivity index (χ3n) is 4.13. The van der Waals surface area contributed by atoms with Gasteiger partial charge in [0.15, 0.2) is 18.7 Å². The highest BCUT2D eigenvalue weighted by Gasteiger charge is 2.29. The Hall–Kier alpha value is -2.04. The van der Waals surface area contributed by atoms with Crippen LogP contribution in [-0.2, 0) is 20.8 Å². The number of rotatable bonds is 6. The van der Waals surface area contributed by atoms with Crippen LogP contribution in [0.5, 0.6) is 0 Å². The summed E-state index contributed by atoms with van der Waals surface area (Å²) < 4.78 is 11.8. The molecule has 132 valence electrons. The van der Waals surface area contributed by atoms with Crippen molar-refractivity contribution in [1.29, 1.82) is 0 Å². The molecule has 0 N–H and O–H groups in total. The first kappa shape index (κ1) is 16.8. The van der Waals surface area contributed by atoms with Gasteiger partial charge in [-0.3, -0.25) is 9.69 Å². The maximum atomic E-state index is 12.3. The maximum absolute atomic E-state index is 12.3. The van der Waals surface area contributed by atoms with Crippen molar-refractivity contribution in [2.24, 2.45) is 0 Å². The molecular weight excluding hydrogens is 318 g/mol. The predicted molar refractivity (Wildman–Crippen MR) is 84.2 cm³/mol. The molecule has 0 unspecified atom stereocenters. The van der Waals surface area contributed by atoms with Crippen LogP contribution < -0.4 is 4.90 Å². The van der Waals surface area contributed by atoms with Crippen LogP contribution in [0, 0.1) is 10.1 Å². The summed E-state index contributed by atoms with van der Waals surface area (Å²) in [4.78, 5) is 31.2. The molecule has 2 aliphatic rings. The quantitative estimate of drug-likeness (QED) is 0.506. The summed E-state index contributed by atoms with van der Waals surface area (Å²) in [6.45, 7) is 4.99. The van der Waals surface area contributed by atoms with E-state index in [2.05, 4.69) is 4.98 Å². The first-order chi connectivity index (χ1) is 11.6. The van der Waals surface area contributed by atoms with Crippen LogP contribution in [0.4, 0.5) is 11.6 Å². The minimum atomic E-state index is -0.472. The van der Waals surface area contributed by atoms with Crippen molar-refractivity contribution in [2.75, 3.05) is 64.1 Å². The lowest BCUT2D eigenvalue weighted by atomic mass is 10.3. The number of hydrogen-bond donors (Lipinski definition) is 0. The summed E-state index contributed by atoms with van der Waals surface area (Å²) in [5.74, 6) is 0.0978. The van der Waals surface area contributed by atoms with E-state index in [1.54, 1.807) is 0 Å². The number of ketones is 1. The van der Waals surface area contributed by atoms with E-state index in [0.29, 0.717) is 58.4 Å². The zero-order valence-electron chi connectivity index (χ0n) is 13.4. The van der Waals surface area contributed by atoms with Crippen LogP contribution in [0.3, 0.4) is 0 Å². The van der Waals surface area contributed by atoms with E-state index in [1.807, 2.05) is 9.80 Å². The molecule has 10 nitrogen and oxygen atoms in total. The second-order valence-corrected chi connectivity index (χ2v) is 5.80. The summed E-state index contributed by atoms with van der Waals surface area (Å²) in [5, 5.41) is 11.5. The zero-order valence-corrected chi connectivity index (χ0v) is 13.4. The molecule has 1 aromatic heterocycles. The molecule has 0 atom stereocenters. The molecule has 2 saturated heterocycles. The van der Waals surface area contributed by atoms with Crippen molar-refractivity contribution < 1.29 is 19.2 Å². The molecule has 0 spiro atoms. The molecule has 1 aromatic rings. The number of carbonyl (C=O) groups excluding carboxylic acids is 1. The number of aromatic nitrogens is 2. The lowest BCUT2D eigenvalue weighted by molar-refractivity contribution is -0.391. The normalized spacial score (nSPS) is 19.4. The van der Waals surface area contributed by atoms with Crippen molar-refractivity contribution in [3.63, 3.8) is 0 Å². The molecule has 2 aliphatic heterocycles. The molecule has 0 bridgehead atoms. The monoisotopic (exact) mass is 339 g/mol. The topological polar surface area (TPSA) is 103 Å². The van der Waals surface area contributed by atoms with Crippen LogP contribution in [0.15, 0.2) is 6.33 Å². The van der Waals surface area contributed by atoms with Crippen LogP contribution in [-0.4, -0.2) is 84.3 Å². The van der Waals surface area contributed by atoms with Gasteiger partial charge in [0.25, 0.3) is 0 Å². The second kappa shape index (κ2) is 7.69. The Kier molecular flexibility index (Phi) is 5.38. The Balaban J connectivity index is 1.69. The fourth-order valence-electron chi connectivity index (χ4n) is 2.91. The van der Waals surface area contributed by atoms with Gasteiger partial charge in [0.2, 0.25) is 5.82 Å². The van der Waals surface area contributed by atoms with E-state index in [9.17, 15) is 14.9 Å². The SMILES string of the molecule is O=C(CN1CCOCC1)Cn1cnc(N2CCOCC2)c1[N+](=O)[O-]. The molecule has 0 amide bonds. The third kappa shape index (κ3) is 3.89. The highest BCUT2D eigenvalue weighted by molar-refractivity contribution is 5.80. The average molecular weight is 339 g/mol. The largest absolute Gasteiger partial charge is 0.379 e. The van der Waals surface area contributed by atoms with Gasteiger partial charge in [-0.05, 0) is 4.92 Å². The van der Waals surface area contributed by atoms with Crippen molar-refractivity contribution in [2.45, 2.75) is 6.54 Å². The van der Waals surface area contributed by atoms with Crippen LogP contribution in [0.25, 0.3) is 0 Å². The number of nitrogens with zero attached hydrogens (tertiary/aromatic N) is 5. The average Bonchev–Trinajstić information content (AvgIpc) is 3.00. The first-order valence-electron chi connectivity index (χ1n) is 7.99. The molecular formula is C14H21N5O5. The van der Waals surface area contributed by atoms with Crippen LogP contribution >= 0.6 is 0 Å². The summed E-state index contributed by atoms with van der Waals surface area (Å²) in [5.41, 5.74) is 0. The molecule has 0 radical (unpaired) electrons. The zero-order chi connectivity index (χ0) is 16.9. The molecule has 0 saturated carbocycles. The number of carbonyl (C=O) groups is 1. The van der Waals surface area contributed by atoms with Gasteiger partial charge in [0, 0.05) is 26.2 Å². The van der Waals surface area contributed by atoms with E-state index < -0.39 is 4.92 Å². The summed E-state index contributed by atoms with van der Waals surface area (Å²) in [6, 6.07) is 0. The summed E-state index contributed by atoms with van der Waals surface area (Å²) in [6.07, 6.45) is 1.38. The number of morpholine rings is 2. The third-order valence-corrected chi connectivity index (χ3v) is 4.13. The van der Waals surface area contributed by atoms with Gasteiger partial charge in [-0.1, -0.05) is 0 Å². The van der Waals surface area contributed by atoms with Gasteiger partial charge < -0.3 is 24.5 Å². The Morgan fingerprint density at radius 2 is 1.75 bits per heavy atom. The first-order valence-corrected chi connectivity index (χ1v) is 7.99. The molecule has 0 aliphatic carbocycles. The number of anilines is 1. The van der Waals surface area contributed by atoms with E-state index in [1.165, 1.54) is 10.9 Å². The molecule has 24 heavy (non-hydrogen) atoms. The Morgan fingerprint density at radius 1 is 1.12 bits per heavy atom. The van der Waals surface area contributed by atoms with Crippen LogP contribution in [0.1, 0.15) is 0 Å². The highest BCUT2D eigenvalue weighted by atomic mass is 16.6. The Bertz CT molecular complexity index is 592. The maximum Gasteiger partial charge on any atom is 0.367 e. The minimum Gasteiger partial charge on any atom is -0.379 e. The van der Waals surface area contributed by atoms with Gasteiger partial charge in [-0.2, -0.15) is 4.98 Å². The highest BCUT2D eigenvalue weighted by Crippen LogP contribution is 2.27. The van der Waals surface area contributed by atoms with Crippen molar-refractivity contribution in [3.8, 4) is 0 Å². The standard InChI is InChI=1S/C14H21N5O5/c20-12(9-16-1-5-23-6-2-16)10-18-11-15-13(14(18)19(21)22)17-3-7-24-8-4-17/h11H,1-10H2. The van der Waals surface area contributed by atoms with E-state index >= 15 is 0 Å². The van der Waals surface area contributed by atoms with Crippen LogP contribution in [0.2, 0.25) is 0 Å².